The second-order valence-corrected chi connectivity index (χ2v) is 4.25. The fourth-order valence-electron chi connectivity index (χ4n) is 1.63. The molecule has 1 rings (SSSR count). The predicted octanol–water partition coefficient (Wildman–Crippen LogP) is 0.222. The molecule has 0 bridgehead atoms. The van der Waals surface area contributed by atoms with E-state index in [1.54, 1.807) is 0 Å². The van der Waals surface area contributed by atoms with Gasteiger partial charge in [0.25, 0.3) is 11.6 Å². The Morgan fingerprint density at radius 3 is 2.62 bits per heavy atom. The number of hydrogen-bond donors (Lipinski definition) is 4. The Hall–Kier alpha value is -2.68. The largest absolute Gasteiger partial charge is 0.507 e. The number of nitro groups is 1. The van der Waals surface area contributed by atoms with Gasteiger partial charge < -0.3 is 21.3 Å². The van der Waals surface area contributed by atoms with Crippen molar-refractivity contribution in [1.82, 2.24) is 5.32 Å². The molecule has 0 aliphatic carbocycles. The van der Waals surface area contributed by atoms with E-state index in [4.69, 9.17) is 10.8 Å². The Morgan fingerprint density at radius 2 is 2.10 bits per heavy atom. The van der Waals surface area contributed by atoms with Crippen molar-refractivity contribution in [3.8, 4) is 5.75 Å². The zero-order valence-electron chi connectivity index (χ0n) is 11.0. The zero-order chi connectivity index (χ0) is 16.0. The van der Waals surface area contributed by atoms with Crippen LogP contribution < -0.4 is 11.1 Å². The van der Waals surface area contributed by atoms with E-state index in [0.29, 0.717) is 6.42 Å². The number of amides is 1. The van der Waals surface area contributed by atoms with Gasteiger partial charge in [-0.25, -0.2) is 4.79 Å². The summed E-state index contributed by atoms with van der Waals surface area (Å²) in [6.07, 6.45) is 0.505. The van der Waals surface area contributed by atoms with Crippen molar-refractivity contribution in [3.05, 3.63) is 33.9 Å². The third-order valence-corrected chi connectivity index (χ3v) is 2.74. The molecule has 0 saturated carbocycles. The Labute approximate surface area is 119 Å². The molecule has 0 aliphatic heterocycles. The Morgan fingerprint density at radius 1 is 1.43 bits per heavy atom. The van der Waals surface area contributed by atoms with Gasteiger partial charge in [0.15, 0.2) is 0 Å². The molecule has 1 atom stereocenters. The topological polar surface area (TPSA) is 156 Å². The van der Waals surface area contributed by atoms with Crippen LogP contribution in [-0.4, -0.2) is 39.6 Å². The minimum absolute atomic E-state index is 0.118. The Kier molecular flexibility index (Phi) is 5.61. The molecule has 5 N–H and O–H groups in total. The molecule has 1 amide bonds. The molecule has 0 unspecified atom stereocenters. The standard InChI is InChI=1S/C12H15N3O6/c13-5-1-2-9(12(18)19)14-11(17)8-6-7(15(20)21)3-4-10(8)16/h3-4,6,9,16H,1-2,5,13H2,(H,14,17)(H,18,19)/t9-/m0/s1. The molecule has 0 saturated heterocycles. The second kappa shape index (κ2) is 7.20. The lowest BCUT2D eigenvalue weighted by Crippen LogP contribution is -2.41. The number of carboxylic acids is 1. The molecule has 1 aromatic carbocycles. The van der Waals surface area contributed by atoms with E-state index in [0.717, 1.165) is 18.2 Å². The van der Waals surface area contributed by atoms with Crippen LogP contribution in [0.15, 0.2) is 18.2 Å². The molecule has 1 aromatic rings. The van der Waals surface area contributed by atoms with Crippen molar-refractivity contribution in [1.29, 1.82) is 0 Å². The van der Waals surface area contributed by atoms with Gasteiger partial charge >= 0.3 is 5.97 Å². The van der Waals surface area contributed by atoms with Gasteiger partial charge in [-0.3, -0.25) is 14.9 Å². The molecular formula is C12H15N3O6. The summed E-state index contributed by atoms with van der Waals surface area (Å²) in [5.74, 6) is -2.62. The molecule has 0 spiro atoms. The zero-order valence-corrected chi connectivity index (χ0v) is 11.0. The van der Waals surface area contributed by atoms with Crippen LogP contribution in [-0.2, 0) is 4.79 Å². The molecular weight excluding hydrogens is 282 g/mol. The quantitative estimate of drug-likeness (QED) is 0.414. The third-order valence-electron chi connectivity index (χ3n) is 2.74. The average molecular weight is 297 g/mol. The van der Waals surface area contributed by atoms with Gasteiger partial charge in [-0.2, -0.15) is 0 Å². The van der Waals surface area contributed by atoms with Crippen molar-refractivity contribution in [2.24, 2.45) is 5.73 Å². The summed E-state index contributed by atoms with van der Waals surface area (Å²) in [5.41, 5.74) is 4.53. The predicted molar refractivity (Wildman–Crippen MR) is 71.9 cm³/mol. The highest BCUT2D eigenvalue weighted by Crippen LogP contribution is 2.23. The molecule has 114 valence electrons. The van der Waals surface area contributed by atoms with E-state index >= 15 is 0 Å². The first-order valence-corrected chi connectivity index (χ1v) is 6.08. The lowest BCUT2D eigenvalue weighted by atomic mass is 10.1. The highest BCUT2D eigenvalue weighted by Gasteiger charge is 2.23. The van der Waals surface area contributed by atoms with Crippen LogP contribution in [0.4, 0.5) is 5.69 Å². The number of phenolic OH excluding ortho intramolecular Hbond substituents is 1. The van der Waals surface area contributed by atoms with Gasteiger partial charge in [0, 0.05) is 12.1 Å². The molecule has 0 radical (unpaired) electrons. The number of aromatic hydroxyl groups is 1. The highest BCUT2D eigenvalue weighted by molar-refractivity contribution is 5.99. The molecule has 9 nitrogen and oxygen atoms in total. The van der Waals surface area contributed by atoms with Gasteiger partial charge in [-0.15, -0.1) is 0 Å². The summed E-state index contributed by atoms with van der Waals surface area (Å²) < 4.78 is 0. The molecule has 0 aliphatic rings. The van der Waals surface area contributed by atoms with E-state index < -0.39 is 28.6 Å². The van der Waals surface area contributed by atoms with E-state index in [1.165, 1.54) is 0 Å². The first kappa shape index (κ1) is 16.4. The normalized spacial score (nSPS) is 11.7. The Bertz CT molecular complexity index is 560. The fraction of sp³-hybridized carbons (Fsp3) is 0.333. The van der Waals surface area contributed by atoms with E-state index in [-0.39, 0.29) is 24.2 Å². The Balaban J connectivity index is 2.94. The number of nitrogens with one attached hydrogen (secondary N) is 1. The van der Waals surface area contributed by atoms with E-state index in [2.05, 4.69) is 5.32 Å². The van der Waals surface area contributed by atoms with Crippen LogP contribution in [0.25, 0.3) is 0 Å². The van der Waals surface area contributed by atoms with Crippen molar-refractivity contribution < 1.29 is 24.7 Å². The number of carbonyl (C=O) groups is 2. The number of rotatable bonds is 7. The van der Waals surface area contributed by atoms with Gasteiger partial charge in [0.2, 0.25) is 0 Å². The van der Waals surface area contributed by atoms with Crippen LogP contribution in [0.2, 0.25) is 0 Å². The van der Waals surface area contributed by atoms with Gasteiger partial charge in [-0.1, -0.05) is 0 Å². The fourth-order valence-corrected chi connectivity index (χ4v) is 1.63. The highest BCUT2D eigenvalue weighted by atomic mass is 16.6. The number of nitrogens with two attached hydrogens (primary N) is 1. The maximum Gasteiger partial charge on any atom is 0.326 e. The number of phenols is 1. The van der Waals surface area contributed by atoms with Crippen molar-refractivity contribution >= 4 is 17.6 Å². The molecule has 21 heavy (non-hydrogen) atoms. The summed E-state index contributed by atoms with van der Waals surface area (Å²) in [7, 11) is 0. The molecule has 0 fully saturated rings. The third kappa shape index (κ3) is 4.42. The number of non-ortho nitro benzene ring substituents is 1. The molecule has 0 heterocycles. The van der Waals surface area contributed by atoms with Crippen molar-refractivity contribution in [2.45, 2.75) is 18.9 Å². The lowest BCUT2D eigenvalue weighted by molar-refractivity contribution is -0.384. The van der Waals surface area contributed by atoms with E-state index in [1.807, 2.05) is 0 Å². The second-order valence-electron chi connectivity index (χ2n) is 4.25. The van der Waals surface area contributed by atoms with Crippen molar-refractivity contribution in [3.63, 3.8) is 0 Å². The van der Waals surface area contributed by atoms with Gasteiger partial charge in [0.1, 0.15) is 11.8 Å². The summed E-state index contributed by atoms with van der Waals surface area (Å²) in [6.45, 7) is 0.266. The summed E-state index contributed by atoms with van der Waals surface area (Å²) in [4.78, 5) is 32.9. The van der Waals surface area contributed by atoms with E-state index in [9.17, 15) is 24.8 Å². The number of benzene rings is 1. The monoisotopic (exact) mass is 297 g/mol. The average Bonchev–Trinajstić information content (AvgIpc) is 2.42. The number of carboxylic acid groups (broad SMARTS) is 1. The van der Waals surface area contributed by atoms with Crippen LogP contribution in [0, 0.1) is 10.1 Å². The number of nitrogens with zero attached hydrogens (tertiary/aromatic N) is 1. The van der Waals surface area contributed by atoms with Gasteiger partial charge in [-0.05, 0) is 25.5 Å². The minimum atomic E-state index is -1.25. The first-order valence-electron chi connectivity index (χ1n) is 6.08. The maximum atomic E-state index is 11.9. The first-order chi connectivity index (χ1) is 9.86. The number of nitro benzene ring substituents is 1. The lowest BCUT2D eigenvalue weighted by Gasteiger charge is -2.14. The summed E-state index contributed by atoms with van der Waals surface area (Å²) in [6, 6.07) is 1.74. The number of carbonyl (C=O) groups excluding carboxylic acids is 1. The van der Waals surface area contributed by atoms with Crippen LogP contribution in [0.5, 0.6) is 5.75 Å². The van der Waals surface area contributed by atoms with Crippen LogP contribution >= 0.6 is 0 Å². The number of aliphatic carboxylic acids is 1. The number of hydrogen-bond acceptors (Lipinski definition) is 6. The maximum absolute atomic E-state index is 11.9. The molecule has 0 aromatic heterocycles. The minimum Gasteiger partial charge on any atom is -0.507 e. The van der Waals surface area contributed by atoms with Crippen LogP contribution in [0.1, 0.15) is 23.2 Å². The van der Waals surface area contributed by atoms with Crippen LogP contribution in [0.3, 0.4) is 0 Å². The summed E-state index contributed by atoms with van der Waals surface area (Å²) >= 11 is 0. The smallest absolute Gasteiger partial charge is 0.326 e. The SMILES string of the molecule is NCCC[C@H](NC(=O)c1cc([N+](=O)[O-])ccc1O)C(=O)O. The molecule has 9 heteroatoms. The van der Waals surface area contributed by atoms with Gasteiger partial charge in [0.05, 0.1) is 10.5 Å². The van der Waals surface area contributed by atoms with Crippen molar-refractivity contribution in [2.75, 3.05) is 6.54 Å². The summed E-state index contributed by atoms with van der Waals surface area (Å²) in [5, 5.41) is 31.4.